The van der Waals surface area contributed by atoms with E-state index in [0.717, 1.165) is 63.2 Å². The van der Waals surface area contributed by atoms with Gasteiger partial charge in [0.2, 0.25) is 0 Å². The van der Waals surface area contributed by atoms with Crippen LogP contribution in [0.1, 0.15) is 43.7 Å². The van der Waals surface area contributed by atoms with Gasteiger partial charge in [-0.05, 0) is 37.1 Å². The minimum atomic E-state index is -0.520. The highest BCUT2D eigenvalue weighted by Crippen LogP contribution is 2.17. The van der Waals surface area contributed by atoms with Gasteiger partial charge in [-0.25, -0.2) is 0 Å². The van der Waals surface area contributed by atoms with Crippen molar-refractivity contribution in [3.63, 3.8) is 0 Å². The fourth-order valence-corrected chi connectivity index (χ4v) is 4.45. The number of benzene rings is 1. The smallest absolute Gasteiger partial charge is 0.309 e. The lowest BCUT2D eigenvalue weighted by atomic mass is 9.95. The zero-order chi connectivity index (χ0) is 20.6. The molecule has 0 bridgehead atoms. The van der Waals surface area contributed by atoms with Crippen molar-refractivity contribution >= 4 is 11.8 Å². The van der Waals surface area contributed by atoms with Gasteiger partial charge in [-0.1, -0.05) is 19.3 Å². The number of rotatable bonds is 6. The van der Waals surface area contributed by atoms with Crippen molar-refractivity contribution in [1.82, 2.24) is 10.6 Å². The lowest BCUT2D eigenvalue weighted by Gasteiger charge is -2.33. The molecule has 1 aliphatic heterocycles. The summed E-state index contributed by atoms with van der Waals surface area (Å²) in [5, 5.41) is 5.80. The van der Waals surface area contributed by atoms with Crippen molar-refractivity contribution in [1.29, 1.82) is 0 Å². The number of carbonyl (C=O) groups is 2. The summed E-state index contributed by atoms with van der Waals surface area (Å²) in [6.45, 7) is 4.77. The molecule has 1 atom stereocenters. The lowest BCUT2D eigenvalue weighted by molar-refractivity contribution is -1.02. The zero-order valence-corrected chi connectivity index (χ0v) is 17.8. The summed E-state index contributed by atoms with van der Waals surface area (Å²) in [6.07, 6.45) is 5.42. The van der Waals surface area contributed by atoms with Crippen molar-refractivity contribution in [3.8, 4) is 5.75 Å². The Hall–Kier alpha value is -2.12. The minimum absolute atomic E-state index is 0.125. The Balaban J connectivity index is 1.60. The number of quaternary nitrogens is 2. The SMILES string of the molecule is COc1ccc([C@@H](CNC(=O)C(=O)NC2CCCCC2)[NH+]2CC[NH+](C)CC2)cc1. The molecule has 1 aromatic rings. The number of methoxy groups -OCH3 is 1. The Bertz CT molecular complexity index is 665. The number of nitrogens with one attached hydrogen (secondary N) is 4. The molecule has 3 rings (SSSR count). The van der Waals surface area contributed by atoms with Crippen molar-refractivity contribution in [2.45, 2.75) is 44.2 Å². The molecule has 7 heteroatoms. The Morgan fingerprint density at radius 3 is 2.31 bits per heavy atom. The quantitative estimate of drug-likeness (QED) is 0.446. The molecule has 0 radical (unpaired) electrons. The summed E-state index contributed by atoms with van der Waals surface area (Å²) < 4.78 is 5.28. The van der Waals surface area contributed by atoms with Crippen molar-refractivity contribution in [2.75, 3.05) is 46.9 Å². The monoisotopic (exact) mass is 404 g/mol. The molecule has 0 spiro atoms. The van der Waals surface area contributed by atoms with Gasteiger partial charge in [0, 0.05) is 11.6 Å². The van der Waals surface area contributed by atoms with E-state index in [0.29, 0.717) is 6.54 Å². The van der Waals surface area contributed by atoms with Crippen LogP contribution in [0.2, 0.25) is 0 Å². The Kier molecular flexibility index (Phi) is 7.89. The van der Waals surface area contributed by atoms with E-state index in [1.165, 1.54) is 16.2 Å². The number of ether oxygens (including phenoxy) is 1. The number of amides is 2. The number of likely N-dealkylation sites (N-methyl/N-ethyl adjacent to an activating group) is 1. The predicted molar refractivity (Wildman–Crippen MR) is 111 cm³/mol. The maximum atomic E-state index is 12.4. The zero-order valence-electron chi connectivity index (χ0n) is 17.8. The molecule has 1 aliphatic carbocycles. The molecule has 2 amide bonds. The van der Waals surface area contributed by atoms with Crippen LogP contribution in [-0.2, 0) is 9.59 Å². The minimum Gasteiger partial charge on any atom is -0.497 e. The van der Waals surface area contributed by atoms with E-state index < -0.39 is 11.8 Å². The van der Waals surface area contributed by atoms with E-state index in [9.17, 15) is 9.59 Å². The number of hydrogen-bond donors (Lipinski definition) is 4. The normalized spacial score (nSPS) is 23.8. The van der Waals surface area contributed by atoms with E-state index in [1.54, 1.807) is 7.11 Å². The van der Waals surface area contributed by atoms with Crippen LogP contribution in [0.4, 0.5) is 0 Å². The highest BCUT2D eigenvalue weighted by atomic mass is 16.5. The molecule has 160 valence electrons. The Morgan fingerprint density at radius 2 is 1.69 bits per heavy atom. The van der Waals surface area contributed by atoms with Gasteiger partial charge in [0.25, 0.3) is 0 Å². The molecule has 2 fully saturated rings. The van der Waals surface area contributed by atoms with Gasteiger partial charge in [-0.3, -0.25) is 9.59 Å². The second kappa shape index (κ2) is 10.6. The molecule has 1 saturated heterocycles. The maximum absolute atomic E-state index is 12.4. The second-order valence-corrected chi connectivity index (χ2v) is 8.46. The molecule has 1 heterocycles. The van der Waals surface area contributed by atoms with Crippen LogP contribution < -0.4 is 25.2 Å². The van der Waals surface area contributed by atoms with Gasteiger partial charge < -0.3 is 25.2 Å². The number of carbonyl (C=O) groups excluding carboxylic acids is 2. The van der Waals surface area contributed by atoms with Gasteiger partial charge in [-0.15, -0.1) is 0 Å². The molecule has 4 N–H and O–H groups in total. The first-order valence-electron chi connectivity index (χ1n) is 11.0. The van der Waals surface area contributed by atoms with Crippen LogP contribution in [0, 0.1) is 0 Å². The average molecular weight is 405 g/mol. The summed E-state index contributed by atoms with van der Waals surface area (Å²) in [5.74, 6) is -0.197. The predicted octanol–water partition coefficient (Wildman–Crippen LogP) is -1.29. The van der Waals surface area contributed by atoms with Crippen molar-refractivity contribution in [3.05, 3.63) is 29.8 Å². The van der Waals surface area contributed by atoms with Gasteiger partial charge >= 0.3 is 11.8 Å². The van der Waals surface area contributed by atoms with Crippen LogP contribution in [0.5, 0.6) is 5.75 Å². The molecular weight excluding hydrogens is 368 g/mol. The lowest BCUT2D eigenvalue weighted by Crippen LogP contribution is -3.27. The summed E-state index contributed by atoms with van der Waals surface area (Å²) in [6, 6.07) is 8.32. The van der Waals surface area contributed by atoms with Crippen LogP contribution in [0.25, 0.3) is 0 Å². The topological polar surface area (TPSA) is 76.3 Å². The van der Waals surface area contributed by atoms with E-state index in [1.807, 2.05) is 12.1 Å². The molecule has 0 unspecified atom stereocenters. The standard InChI is InChI=1S/C22H34N4O3/c1-25-12-14-26(15-13-25)20(17-8-10-19(29-2)11-9-17)16-23-21(27)22(28)24-18-6-4-3-5-7-18/h8-11,18,20H,3-7,12-16H2,1-2H3,(H,23,27)(H,24,28)/p+2/t20-/m1/s1. The Morgan fingerprint density at radius 1 is 1.03 bits per heavy atom. The third-order valence-corrected chi connectivity index (χ3v) is 6.37. The first-order valence-corrected chi connectivity index (χ1v) is 11.0. The van der Waals surface area contributed by atoms with E-state index in [-0.39, 0.29) is 12.1 Å². The first-order chi connectivity index (χ1) is 14.1. The van der Waals surface area contributed by atoms with Gasteiger partial charge in [0.15, 0.2) is 0 Å². The largest absolute Gasteiger partial charge is 0.497 e. The van der Waals surface area contributed by atoms with Gasteiger partial charge in [0.1, 0.15) is 38.0 Å². The summed E-state index contributed by atoms with van der Waals surface area (Å²) in [5.41, 5.74) is 1.16. The molecule has 7 nitrogen and oxygen atoms in total. The molecule has 29 heavy (non-hydrogen) atoms. The molecular formula is C22H36N4O3+2. The molecule has 1 saturated carbocycles. The molecule has 2 aliphatic rings. The highest BCUT2D eigenvalue weighted by molar-refractivity contribution is 6.35. The van der Waals surface area contributed by atoms with Gasteiger partial charge in [-0.2, -0.15) is 0 Å². The maximum Gasteiger partial charge on any atom is 0.309 e. The number of hydrogen-bond acceptors (Lipinski definition) is 3. The van der Waals surface area contributed by atoms with Crippen molar-refractivity contribution in [2.24, 2.45) is 0 Å². The average Bonchev–Trinajstić information content (AvgIpc) is 2.76. The van der Waals surface area contributed by atoms with Crippen LogP contribution in [0.3, 0.4) is 0 Å². The Labute approximate surface area is 173 Å². The van der Waals surface area contributed by atoms with E-state index >= 15 is 0 Å². The molecule has 1 aromatic carbocycles. The second-order valence-electron chi connectivity index (χ2n) is 8.46. The third-order valence-electron chi connectivity index (χ3n) is 6.37. The van der Waals surface area contributed by atoms with Gasteiger partial charge in [0.05, 0.1) is 20.7 Å². The fourth-order valence-electron chi connectivity index (χ4n) is 4.45. The van der Waals surface area contributed by atoms with Crippen molar-refractivity contribution < 1.29 is 24.1 Å². The molecule has 0 aromatic heterocycles. The third kappa shape index (κ3) is 6.18. The highest BCUT2D eigenvalue weighted by Gasteiger charge is 2.30. The van der Waals surface area contributed by atoms with Crippen LogP contribution in [0.15, 0.2) is 24.3 Å². The summed E-state index contributed by atoms with van der Waals surface area (Å²) in [4.78, 5) is 27.7. The fraction of sp³-hybridized carbons (Fsp3) is 0.636. The summed E-state index contributed by atoms with van der Waals surface area (Å²) in [7, 11) is 3.88. The van der Waals surface area contributed by atoms with E-state index in [2.05, 4.69) is 29.8 Å². The summed E-state index contributed by atoms with van der Waals surface area (Å²) >= 11 is 0. The van der Waals surface area contributed by atoms with E-state index in [4.69, 9.17) is 4.74 Å². The van der Waals surface area contributed by atoms with Crippen LogP contribution in [-0.4, -0.2) is 64.7 Å². The van der Waals surface area contributed by atoms with Crippen LogP contribution >= 0.6 is 0 Å². The number of piperazine rings is 1. The first kappa shape index (κ1) is 21.6.